The predicted molar refractivity (Wildman–Crippen MR) is 131 cm³/mol. The summed E-state index contributed by atoms with van der Waals surface area (Å²) in [5.41, 5.74) is 3.25. The first-order valence-corrected chi connectivity index (χ1v) is 11.2. The monoisotopic (exact) mass is 494 g/mol. The summed E-state index contributed by atoms with van der Waals surface area (Å²) in [5, 5.41) is 14.0. The molecule has 0 aliphatic carbocycles. The molecule has 0 saturated heterocycles. The van der Waals surface area contributed by atoms with Crippen molar-refractivity contribution in [3.63, 3.8) is 0 Å². The van der Waals surface area contributed by atoms with Crippen LogP contribution in [0.2, 0.25) is 5.02 Å². The van der Waals surface area contributed by atoms with E-state index in [2.05, 4.69) is 5.10 Å². The molecule has 2 aromatic carbocycles. The average Bonchev–Trinajstić information content (AvgIpc) is 3.11. The second-order valence-corrected chi connectivity index (χ2v) is 8.09. The van der Waals surface area contributed by atoms with E-state index in [4.69, 9.17) is 21.6 Å². The SMILES string of the molecule is Cc1nn(Cc2ccccc2Cl)c(C)c1/C=C/C(=O)OCC(=O)N(CCC#N)c1ccccc1F. The number of anilines is 1. The van der Waals surface area contributed by atoms with Gasteiger partial charge in [0, 0.05) is 28.9 Å². The molecule has 1 amide bonds. The lowest BCUT2D eigenvalue weighted by Gasteiger charge is -2.21. The van der Waals surface area contributed by atoms with Crippen LogP contribution < -0.4 is 4.90 Å². The normalized spacial score (nSPS) is 10.8. The van der Waals surface area contributed by atoms with Gasteiger partial charge in [-0.2, -0.15) is 10.4 Å². The van der Waals surface area contributed by atoms with Gasteiger partial charge in [0.25, 0.3) is 5.91 Å². The average molecular weight is 495 g/mol. The molecule has 0 atom stereocenters. The first-order valence-electron chi connectivity index (χ1n) is 10.9. The van der Waals surface area contributed by atoms with Gasteiger partial charge in [-0.25, -0.2) is 9.18 Å². The van der Waals surface area contributed by atoms with Gasteiger partial charge >= 0.3 is 5.97 Å². The number of carbonyl (C=O) groups is 2. The molecule has 3 rings (SSSR count). The number of hydrogen-bond acceptors (Lipinski definition) is 5. The van der Waals surface area contributed by atoms with Gasteiger partial charge in [0.05, 0.1) is 30.4 Å². The number of nitriles is 1. The molecule has 0 N–H and O–H groups in total. The minimum Gasteiger partial charge on any atom is -0.452 e. The summed E-state index contributed by atoms with van der Waals surface area (Å²) in [6.07, 6.45) is 2.80. The molecule has 0 fully saturated rings. The van der Waals surface area contributed by atoms with Crippen LogP contribution in [-0.4, -0.2) is 34.8 Å². The Morgan fingerprint density at radius 1 is 1.20 bits per heavy atom. The number of esters is 1. The molecule has 0 saturated carbocycles. The summed E-state index contributed by atoms with van der Waals surface area (Å²) in [6.45, 7) is 3.58. The second-order valence-electron chi connectivity index (χ2n) is 7.68. The summed E-state index contributed by atoms with van der Waals surface area (Å²) in [5.74, 6) is -1.97. The number of nitrogens with zero attached hydrogens (tertiary/aromatic N) is 4. The fraction of sp³-hybridized carbons (Fsp3) is 0.231. The number of carbonyl (C=O) groups excluding carboxylic acids is 2. The van der Waals surface area contributed by atoms with Gasteiger partial charge in [-0.3, -0.25) is 9.48 Å². The van der Waals surface area contributed by atoms with E-state index in [1.54, 1.807) is 16.8 Å². The molecule has 0 spiro atoms. The number of aryl methyl sites for hydroxylation is 1. The quantitative estimate of drug-likeness (QED) is 0.313. The largest absolute Gasteiger partial charge is 0.452 e. The molecule has 1 heterocycles. The van der Waals surface area contributed by atoms with Crippen molar-refractivity contribution in [3.8, 4) is 6.07 Å². The van der Waals surface area contributed by atoms with E-state index < -0.39 is 24.3 Å². The Labute approximate surface area is 208 Å². The first kappa shape index (κ1) is 25.7. The predicted octanol–water partition coefficient (Wildman–Crippen LogP) is 4.84. The highest BCUT2D eigenvalue weighted by molar-refractivity contribution is 6.31. The van der Waals surface area contributed by atoms with Crippen LogP contribution in [0.5, 0.6) is 0 Å². The lowest BCUT2D eigenvalue weighted by Crippen LogP contribution is -2.36. The fourth-order valence-electron chi connectivity index (χ4n) is 3.52. The molecule has 9 heteroatoms. The number of para-hydroxylation sites is 1. The highest BCUT2D eigenvalue weighted by atomic mass is 35.5. The molecular weight excluding hydrogens is 471 g/mol. The van der Waals surface area contributed by atoms with E-state index in [0.29, 0.717) is 11.6 Å². The van der Waals surface area contributed by atoms with Crippen LogP contribution in [0.1, 0.15) is 28.9 Å². The molecule has 0 aliphatic rings. The summed E-state index contributed by atoms with van der Waals surface area (Å²) >= 11 is 6.25. The van der Waals surface area contributed by atoms with E-state index in [1.807, 2.05) is 44.2 Å². The van der Waals surface area contributed by atoms with E-state index in [0.717, 1.165) is 27.4 Å². The van der Waals surface area contributed by atoms with E-state index in [1.165, 1.54) is 24.3 Å². The van der Waals surface area contributed by atoms with E-state index in [-0.39, 0.29) is 18.7 Å². The Morgan fingerprint density at radius 2 is 1.91 bits per heavy atom. The lowest BCUT2D eigenvalue weighted by molar-refractivity contribution is -0.142. The van der Waals surface area contributed by atoms with Gasteiger partial charge in [0.1, 0.15) is 5.82 Å². The second kappa shape index (κ2) is 12.0. The van der Waals surface area contributed by atoms with Crippen molar-refractivity contribution < 1.29 is 18.7 Å². The molecule has 35 heavy (non-hydrogen) atoms. The standard InChI is InChI=1S/C26H24ClFN4O3/c1-18-21(19(2)32(30-18)16-20-8-3-4-9-22(20)27)12-13-26(34)35-17-25(33)31(15-7-14-29)24-11-6-5-10-23(24)28/h3-6,8-13H,7,15-17H2,1-2H3/b13-12+. The maximum Gasteiger partial charge on any atom is 0.331 e. The molecule has 0 radical (unpaired) electrons. The van der Waals surface area contributed by atoms with Crippen LogP contribution in [0.3, 0.4) is 0 Å². The molecule has 180 valence electrons. The molecule has 0 unspecified atom stereocenters. The third kappa shape index (κ3) is 6.55. The van der Waals surface area contributed by atoms with Crippen molar-refractivity contribution in [3.05, 3.63) is 88.0 Å². The van der Waals surface area contributed by atoms with Crippen LogP contribution >= 0.6 is 11.6 Å². The zero-order chi connectivity index (χ0) is 25.4. The van der Waals surface area contributed by atoms with Gasteiger partial charge in [-0.1, -0.05) is 41.9 Å². The zero-order valence-corrected chi connectivity index (χ0v) is 20.1. The van der Waals surface area contributed by atoms with Gasteiger partial charge in [0.2, 0.25) is 0 Å². The van der Waals surface area contributed by atoms with Gasteiger partial charge in [0.15, 0.2) is 6.61 Å². The summed E-state index contributed by atoms with van der Waals surface area (Å²) in [7, 11) is 0. The van der Waals surface area contributed by atoms with Crippen molar-refractivity contribution in [1.82, 2.24) is 9.78 Å². The molecule has 7 nitrogen and oxygen atoms in total. The number of amides is 1. The minimum atomic E-state index is -0.732. The van der Waals surface area contributed by atoms with Crippen molar-refractivity contribution >= 4 is 35.2 Å². The third-order valence-corrected chi connectivity index (χ3v) is 5.70. The third-order valence-electron chi connectivity index (χ3n) is 5.33. The number of aromatic nitrogens is 2. The number of hydrogen-bond donors (Lipinski definition) is 0. The van der Waals surface area contributed by atoms with Crippen LogP contribution in [0.4, 0.5) is 10.1 Å². The van der Waals surface area contributed by atoms with E-state index >= 15 is 0 Å². The van der Waals surface area contributed by atoms with Gasteiger partial charge in [-0.05, 0) is 43.7 Å². The Balaban J connectivity index is 1.65. The number of rotatable bonds is 9. The number of benzene rings is 2. The molecule has 0 aliphatic heterocycles. The Kier molecular flexibility index (Phi) is 8.76. The Hall–Kier alpha value is -3.96. The molecular formula is C26H24ClFN4O3. The van der Waals surface area contributed by atoms with Crippen LogP contribution in [0.15, 0.2) is 54.6 Å². The van der Waals surface area contributed by atoms with Crippen molar-refractivity contribution in [2.45, 2.75) is 26.8 Å². The zero-order valence-electron chi connectivity index (χ0n) is 19.4. The van der Waals surface area contributed by atoms with Gasteiger partial charge < -0.3 is 9.64 Å². The van der Waals surface area contributed by atoms with Gasteiger partial charge in [-0.15, -0.1) is 0 Å². The summed E-state index contributed by atoms with van der Waals surface area (Å²) < 4.78 is 21.0. The highest BCUT2D eigenvalue weighted by Gasteiger charge is 2.20. The maximum atomic E-state index is 14.2. The van der Waals surface area contributed by atoms with Crippen molar-refractivity contribution in [1.29, 1.82) is 5.26 Å². The van der Waals surface area contributed by atoms with E-state index in [9.17, 15) is 14.0 Å². The first-order chi connectivity index (χ1) is 16.8. The van der Waals surface area contributed by atoms with Crippen LogP contribution in [-0.2, 0) is 20.9 Å². The highest BCUT2D eigenvalue weighted by Crippen LogP contribution is 2.21. The number of halogens is 2. The Bertz CT molecular complexity index is 1300. The molecule has 0 bridgehead atoms. The lowest BCUT2D eigenvalue weighted by atomic mass is 10.1. The fourth-order valence-corrected chi connectivity index (χ4v) is 3.71. The minimum absolute atomic E-state index is 0.00462. The maximum absolute atomic E-state index is 14.2. The topological polar surface area (TPSA) is 88.2 Å². The van der Waals surface area contributed by atoms with Crippen molar-refractivity contribution in [2.24, 2.45) is 0 Å². The summed E-state index contributed by atoms with van der Waals surface area (Å²) in [6, 6.07) is 15.1. The van der Waals surface area contributed by atoms with Crippen molar-refractivity contribution in [2.75, 3.05) is 18.1 Å². The van der Waals surface area contributed by atoms with Crippen LogP contribution in [0, 0.1) is 31.0 Å². The smallest absolute Gasteiger partial charge is 0.331 e. The molecule has 3 aromatic rings. The number of ether oxygens (including phenoxy) is 1. The molecule has 1 aromatic heterocycles. The van der Waals surface area contributed by atoms with Crippen LogP contribution in [0.25, 0.3) is 6.08 Å². The summed E-state index contributed by atoms with van der Waals surface area (Å²) in [4.78, 5) is 26.0. The Morgan fingerprint density at radius 3 is 2.63 bits per heavy atom.